The fourth-order valence-electron chi connectivity index (χ4n) is 3.91. The number of rotatable bonds is 4. The molecular formula is C22H21F3N2O3S. The van der Waals surface area contributed by atoms with Crippen molar-refractivity contribution in [1.29, 1.82) is 0 Å². The zero-order valence-corrected chi connectivity index (χ0v) is 17.4. The minimum atomic E-state index is -4.37. The van der Waals surface area contributed by atoms with Gasteiger partial charge in [-0.2, -0.15) is 13.2 Å². The minimum Gasteiger partial charge on any atom is -0.389 e. The van der Waals surface area contributed by atoms with Crippen LogP contribution in [0.15, 0.2) is 47.4 Å². The van der Waals surface area contributed by atoms with E-state index in [1.165, 1.54) is 12.1 Å². The van der Waals surface area contributed by atoms with Gasteiger partial charge < -0.3 is 15.3 Å². The van der Waals surface area contributed by atoms with Gasteiger partial charge in [-0.3, -0.25) is 9.59 Å². The third-order valence-corrected chi connectivity index (χ3v) is 6.63. The van der Waals surface area contributed by atoms with Crippen molar-refractivity contribution in [3.63, 3.8) is 0 Å². The number of carbonyl (C=O) groups excluding carboxylic acids is 2. The molecule has 5 nitrogen and oxygen atoms in total. The Labute approximate surface area is 181 Å². The maximum absolute atomic E-state index is 12.7. The van der Waals surface area contributed by atoms with Crippen molar-refractivity contribution in [2.45, 2.75) is 42.4 Å². The average Bonchev–Trinajstić information content (AvgIpc) is 3.07. The predicted molar refractivity (Wildman–Crippen MR) is 112 cm³/mol. The van der Waals surface area contributed by atoms with Gasteiger partial charge in [0.2, 0.25) is 5.91 Å². The molecule has 0 atom stereocenters. The van der Waals surface area contributed by atoms with Gasteiger partial charge in [-0.15, -0.1) is 0 Å². The molecule has 1 amide bonds. The number of alkyl halides is 3. The third kappa shape index (κ3) is 5.04. The highest BCUT2D eigenvalue weighted by molar-refractivity contribution is 8.14. The average molecular weight is 450 g/mol. The molecule has 0 unspecified atom stereocenters. The van der Waals surface area contributed by atoms with Crippen molar-refractivity contribution >= 4 is 34.2 Å². The van der Waals surface area contributed by atoms with Crippen molar-refractivity contribution in [3.8, 4) is 0 Å². The lowest BCUT2D eigenvalue weighted by Crippen LogP contribution is -2.46. The summed E-state index contributed by atoms with van der Waals surface area (Å²) < 4.78 is 38.2. The van der Waals surface area contributed by atoms with Crippen molar-refractivity contribution < 1.29 is 27.9 Å². The Balaban J connectivity index is 1.32. The number of carbonyl (C=O) groups is 2. The smallest absolute Gasteiger partial charge is 0.389 e. The van der Waals surface area contributed by atoms with E-state index in [-0.39, 0.29) is 17.4 Å². The molecule has 164 valence electrons. The SMILES string of the molecule is O=C(CC1(O)CCN(c2ccc(C(F)(F)F)cc2)CC1)Nc1ccc2c(c1)SC(=O)C2. The van der Waals surface area contributed by atoms with Crippen molar-refractivity contribution in [3.05, 3.63) is 53.6 Å². The van der Waals surface area contributed by atoms with E-state index in [0.29, 0.717) is 43.7 Å². The quantitative estimate of drug-likeness (QED) is 0.729. The van der Waals surface area contributed by atoms with Crippen molar-refractivity contribution in [2.75, 3.05) is 23.3 Å². The second-order valence-electron chi connectivity index (χ2n) is 7.95. The standard InChI is InChI=1S/C22H21F3N2O3S/c23-22(24,25)15-2-5-17(6-3-15)27-9-7-21(30,8-10-27)13-19(28)26-16-4-1-14-11-20(29)31-18(14)12-16/h1-6,12,30H,7-11,13H2,(H,26,28). The third-order valence-electron chi connectivity index (χ3n) is 5.65. The summed E-state index contributed by atoms with van der Waals surface area (Å²) in [5.41, 5.74) is 0.313. The first-order valence-corrected chi connectivity index (χ1v) is 10.7. The summed E-state index contributed by atoms with van der Waals surface area (Å²) >= 11 is 1.16. The molecule has 0 saturated carbocycles. The lowest BCUT2D eigenvalue weighted by Gasteiger charge is -2.39. The molecule has 0 aromatic heterocycles. The normalized spacial score (nSPS) is 18.1. The number of nitrogens with zero attached hydrogens (tertiary/aromatic N) is 1. The highest BCUT2D eigenvalue weighted by atomic mass is 32.2. The molecule has 1 fully saturated rings. The minimum absolute atomic E-state index is 0.0724. The lowest BCUT2D eigenvalue weighted by molar-refractivity contribution is -0.137. The second-order valence-corrected chi connectivity index (χ2v) is 9.05. The summed E-state index contributed by atoms with van der Waals surface area (Å²) in [5, 5.41) is 13.7. The van der Waals surface area contributed by atoms with Crippen LogP contribution < -0.4 is 10.2 Å². The van der Waals surface area contributed by atoms with Crippen LogP contribution in [0.25, 0.3) is 0 Å². The maximum atomic E-state index is 12.7. The predicted octanol–water partition coefficient (Wildman–Crippen LogP) is 4.24. The van der Waals surface area contributed by atoms with Crippen LogP contribution in [-0.2, 0) is 22.2 Å². The summed E-state index contributed by atoms with van der Waals surface area (Å²) in [5.74, 6) is -0.320. The zero-order valence-electron chi connectivity index (χ0n) is 16.5. The van der Waals surface area contributed by atoms with Gasteiger partial charge in [0.15, 0.2) is 5.12 Å². The van der Waals surface area contributed by atoms with Gasteiger partial charge in [0.05, 0.1) is 17.6 Å². The first-order valence-electron chi connectivity index (χ1n) is 9.89. The summed E-state index contributed by atoms with van der Waals surface area (Å²) in [7, 11) is 0. The summed E-state index contributed by atoms with van der Waals surface area (Å²) in [4.78, 5) is 26.7. The molecule has 0 bridgehead atoms. The van der Waals surface area contributed by atoms with Gasteiger partial charge in [-0.25, -0.2) is 0 Å². The van der Waals surface area contributed by atoms with E-state index < -0.39 is 17.3 Å². The number of thioether (sulfide) groups is 1. The molecule has 2 aliphatic heterocycles. The first-order chi connectivity index (χ1) is 14.6. The Hall–Kier alpha value is -2.52. The number of piperidine rings is 1. The molecular weight excluding hydrogens is 429 g/mol. The van der Waals surface area contributed by atoms with Crippen LogP contribution >= 0.6 is 11.8 Å². The molecule has 2 heterocycles. The Bertz CT molecular complexity index is 1000. The Kier molecular flexibility index (Phi) is 5.74. The number of fused-ring (bicyclic) bond motifs is 1. The summed E-state index contributed by atoms with van der Waals surface area (Å²) in [6.45, 7) is 0.874. The number of hydrogen-bond donors (Lipinski definition) is 2. The first kappa shape index (κ1) is 21.7. The molecule has 4 rings (SSSR count). The fourth-order valence-corrected chi connectivity index (χ4v) is 4.84. The van der Waals surface area contributed by atoms with Crippen LogP contribution in [0.4, 0.5) is 24.5 Å². The maximum Gasteiger partial charge on any atom is 0.416 e. The second kappa shape index (κ2) is 8.20. The number of nitrogens with one attached hydrogen (secondary N) is 1. The molecule has 2 aromatic carbocycles. The molecule has 1 saturated heterocycles. The monoisotopic (exact) mass is 450 g/mol. The summed E-state index contributed by atoms with van der Waals surface area (Å²) in [6, 6.07) is 10.3. The number of anilines is 2. The van der Waals surface area contributed by atoms with E-state index >= 15 is 0 Å². The number of amides is 1. The topological polar surface area (TPSA) is 69.6 Å². The van der Waals surface area contributed by atoms with Gasteiger partial charge >= 0.3 is 6.18 Å². The molecule has 31 heavy (non-hydrogen) atoms. The van der Waals surface area contributed by atoms with E-state index in [1.807, 2.05) is 11.0 Å². The van der Waals surface area contributed by atoms with E-state index in [4.69, 9.17) is 0 Å². The molecule has 2 N–H and O–H groups in total. The van der Waals surface area contributed by atoms with E-state index in [2.05, 4.69) is 5.32 Å². The van der Waals surface area contributed by atoms with Gasteiger partial charge in [-0.1, -0.05) is 17.8 Å². The van der Waals surface area contributed by atoms with E-state index in [1.54, 1.807) is 12.1 Å². The van der Waals surface area contributed by atoms with Crippen molar-refractivity contribution in [2.24, 2.45) is 0 Å². The van der Waals surface area contributed by atoms with Gasteiger partial charge in [0.1, 0.15) is 0 Å². The van der Waals surface area contributed by atoms with Crippen LogP contribution in [0.1, 0.15) is 30.4 Å². The van der Waals surface area contributed by atoms with Crippen LogP contribution in [0.2, 0.25) is 0 Å². The summed E-state index contributed by atoms with van der Waals surface area (Å²) in [6.07, 6.45) is -3.40. The van der Waals surface area contributed by atoms with Crippen LogP contribution in [-0.4, -0.2) is 34.8 Å². The number of hydrogen-bond acceptors (Lipinski definition) is 5. The molecule has 0 radical (unpaired) electrons. The number of halogens is 3. The van der Waals surface area contributed by atoms with Gasteiger partial charge in [0, 0.05) is 35.8 Å². The molecule has 9 heteroatoms. The van der Waals surface area contributed by atoms with Gasteiger partial charge in [-0.05, 0) is 54.8 Å². The Morgan fingerprint density at radius 3 is 2.45 bits per heavy atom. The highest BCUT2D eigenvalue weighted by Crippen LogP contribution is 2.35. The molecule has 0 spiro atoms. The van der Waals surface area contributed by atoms with Gasteiger partial charge in [0.25, 0.3) is 0 Å². The lowest BCUT2D eigenvalue weighted by atomic mass is 9.87. The van der Waals surface area contributed by atoms with Crippen molar-refractivity contribution in [1.82, 2.24) is 0 Å². The largest absolute Gasteiger partial charge is 0.416 e. The fraction of sp³-hybridized carbons (Fsp3) is 0.364. The Morgan fingerprint density at radius 2 is 1.81 bits per heavy atom. The number of benzene rings is 2. The molecule has 0 aliphatic carbocycles. The van der Waals surface area contributed by atoms with Crippen LogP contribution in [0.3, 0.4) is 0 Å². The van der Waals surface area contributed by atoms with Crippen LogP contribution in [0, 0.1) is 0 Å². The van der Waals surface area contributed by atoms with E-state index in [0.717, 1.165) is 34.4 Å². The molecule has 2 aromatic rings. The van der Waals surface area contributed by atoms with E-state index in [9.17, 15) is 27.9 Å². The van der Waals surface area contributed by atoms with Crippen LogP contribution in [0.5, 0.6) is 0 Å². The Morgan fingerprint density at radius 1 is 1.13 bits per heavy atom. The zero-order chi connectivity index (χ0) is 22.2. The highest BCUT2D eigenvalue weighted by Gasteiger charge is 2.35. The molecule has 2 aliphatic rings. The number of aliphatic hydroxyl groups is 1.